The van der Waals surface area contributed by atoms with Crippen molar-refractivity contribution in [1.29, 1.82) is 0 Å². The molecule has 0 radical (unpaired) electrons. The van der Waals surface area contributed by atoms with E-state index < -0.39 is 28.9 Å². The largest absolute Gasteiger partial charge is 0.380 e. The highest BCUT2D eigenvalue weighted by Gasteiger charge is 2.80. The highest BCUT2D eigenvalue weighted by atomic mass is 32.1. The van der Waals surface area contributed by atoms with Gasteiger partial charge in [-0.15, -0.1) is 22.7 Å². The van der Waals surface area contributed by atoms with E-state index in [4.69, 9.17) is 0 Å². The number of benzene rings is 4. The molecule has 0 fully saturated rings. The van der Waals surface area contributed by atoms with Crippen molar-refractivity contribution in [2.24, 2.45) is 0 Å². The molecular formula is C45H42F6N4S2. The maximum Gasteiger partial charge on any atom is 0.380 e. The van der Waals surface area contributed by atoms with Gasteiger partial charge in [-0.3, -0.25) is 0 Å². The van der Waals surface area contributed by atoms with Crippen LogP contribution in [0.15, 0.2) is 109 Å². The molecule has 0 atom stereocenters. The zero-order valence-corrected chi connectivity index (χ0v) is 34.4. The van der Waals surface area contributed by atoms with Gasteiger partial charge in [-0.05, 0) is 82.9 Å². The molecule has 4 nitrogen and oxygen atoms in total. The minimum atomic E-state index is -5.74. The number of thiophene rings is 2. The maximum absolute atomic E-state index is 16.7. The van der Waals surface area contributed by atoms with E-state index in [1.165, 1.54) is 12.1 Å². The smallest absolute Gasteiger partial charge is 0.378 e. The fourth-order valence-corrected chi connectivity index (χ4v) is 9.32. The number of halogens is 6. The van der Waals surface area contributed by atoms with E-state index in [-0.39, 0.29) is 20.9 Å². The molecule has 0 saturated heterocycles. The van der Waals surface area contributed by atoms with Crippen LogP contribution in [0.5, 0.6) is 0 Å². The Bertz CT molecular complexity index is 2260. The predicted molar refractivity (Wildman–Crippen MR) is 229 cm³/mol. The van der Waals surface area contributed by atoms with Crippen molar-refractivity contribution in [3.05, 3.63) is 120 Å². The molecule has 0 bridgehead atoms. The van der Waals surface area contributed by atoms with Crippen molar-refractivity contribution >= 4 is 56.6 Å². The van der Waals surface area contributed by atoms with Crippen molar-refractivity contribution < 1.29 is 26.3 Å². The van der Waals surface area contributed by atoms with Crippen LogP contribution in [-0.4, -0.2) is 74.1 Å². The van der Waals surface area contributed by atoms with E-state index >= 15 is 26.3 Å². The summed E-state index contributed by atoms with van der Waals surface area (Å²) in [5.41, 5.74) is 2.05. The minimum absolute atomic E-state index is 0.180. The maximum atomic E-state index is 16.7. The Morgan fingerprint density at radius 2 is 0.614 bits per heavy atom. The molecule has 4 aromatic carbocycles. The highest BCUT2D eigenvalue weighted by molar-refractivity contribution is 7.19. The summed E-state index contributed by atoms with van der Waals surface area (Å²) in [6.07, 6.45) is 0. The third kappa shape index (κ3) is 6.86. The molecule has 1 aliphatic rings. The van der Waals surface area contributed by atoms with Crippen LogP contribution in [0.1, 0.15) is 11.1 Å². The summed E-state index contributed by atoms with van der Waals surface area (Å²) in [4.78, 5) is 8.82. The Kier molecular flexibility index (Phi) is 10.3. The lowest BCUT2D eigenvalue weighted by molar-refractivity contribution is -0.254. The summed E-state index contributed by atoms with van der Waals surface area (Å²) >= 11 is 2.20. The second-order valence-corrected chi connectivity index (χ2v) is 17.0. The van der Waals surface area contributed by atoms with Crippen molar-refractivity contribution in [3.63, 3.8) is 0 Å². The summed E-state index contributed by atoms with van der Waals surface area (Å²) in [5, 5.41) is 0. The van der Waals surface area contributed by atoms with Gasteiger partial charge in [0, 0.05) is 121 Å². The normalized spacial score (nSPS) is 15.5. The summed E-state index contributed by atoms with van der Waals surface area (Å²) in [6.45, 7) is 0. The Morgan fingerprint density at radius 1 is 0.368 bits per heavy atom. The topological polar surface area (TPSA) is 13.0 Å². The first-order valence-electron chi connectivity index (χ1n) is 18.1. The fraction of sp³-hybridized carbons (Fsp3) is 0.244. The van der Waals surface area contributed by atoms with Crippen molar-refractivity contribution in [2.45, 2.75) is 17.8 Å². The number of alkyl halides is 6. The second-order valence-electron chi connectivity index (χ2n) is 14.9. The standard InChI is InChI=1S/C45H42F6N4S2/c1-52(2)31-17-9-27(10-18-31)37-25-35(41(56-37)29-13-21-33(22-14-29)54(5)6)39-40(44(48,49)45(50,51)43(39,46)47)36-26-38(28-11-19-32(20-12-28)53(3)4)57-42(36)30-15-23-34(24-16-30)55(7)8/h9-26H,1-8H3. The molecule has 0 spiro atoms. The lowest BCUT2D eigenvalue weighted by Gasteiger charge is -2.26. The van der Waals surface area contributed by atoms with Gasteiger partial charge in [0.2, 0.25) is 0 Å². The molecule has 0 N–H and O–H groups in total. The molecule has 6 aromatic rings. The van der Waals surface area contributed by atoms with Gasteiger partial charge in [0.05, 0.1) is 0 Å². The zero-order valence-electron chi connectivity index (χ0n) is 32.8. The van der Waals surface area contributed by atoms with Crippen LogP contribution < -0.4 is 19.6 Å². The molecule has 12 heteroatoms. The van der Waals surface area contributed by atoms with Gasteiger partial charge in [-0.2, -0.15) is 26.3 Å². The first kappa shape index (κ1) is 40.0. The Balaban J connectivity index is 1.55. The second kappa shape index (κ2) is 14.6. The van der Waals surface area contributed by atoms with Crippen LogP contribution in [0.25, 0.3) is 52.9 Å². The summed E-state index contributed by atoms with van der Waals surface area (Å²) in [5.74, 6) is -16.2. The molecular weight excluding hydrogens is 775 g/mol. The first-order valence-corrected chi connectivity index (χ1v) is 19.7. The van der Waals surface area contributed by atoms with E-state index in [0.29, 0.717) is 32.0 Å². The minimum Gasteiger partial charge on any atom is -0.378 e. The van der Waals surface area contributed by atoms with Gasteiger partial charge in [-0.1, -0.05) is 48.5 Å². The van der Waals surface area contributed by atoms with E-state index in [0.717, 1.165) is 45.4 Å². The number of hydrogen-bond acceptors (Lipinski definition) is 6. The van der Waals surface area contributed by atoms with Crippen LogP contribution in [0, 0.1) is 0 Å². The van der Waals surface area contributed by atoms with Gasteiger partial charge >= 0.3 is 17.8 Å². The van der Waals surface area contributed by atoms with Crippen molar-refractivity contribution in [2.75, 3.05) is 76.0 Å². The van der Waals surface area contributed by atoms with E-state index in [1.807, 2.05) is 100 Å². The third-order valence-electron chi connectivity index (χ3n) is 10.3. The van der Waals surface area contributed by atoms with Gasteiger partial charge in [0.15, 0.2) is 0 Å². The van der Waals surface area contributed by atoms with Gasteiger partial charge in [0.25, 0.3) is 0 Å². The number of hydrogen-bond donors (Lipinski definition) is 0. The molecule has 0 saturated carbocycles. The molecule has 57 heavy (non-hydrogen) atoms. The van der Waals surface area contributed by atoms with Crippen LogP contribution in [0.4, 0.5) is 49.1 Å². The van der Waals surface area contributed by atoms with Gasteiger partial charge < -0.3 is 19.6 Å². The lowest BCUT2D eigenvalue weighted by Crippen LogP contribution is -2.48. The van der Waals surface area contributed by atoms with Crippen LogP contribution >= 0.6 is 22.7 Å². The summed E-state index contributed by atoms with van der Waals surface area (Å²) in [7, 11) is 14.9. The molecule has 0 aliphatic heterocycles. The molecule has 7 rings (SSSR count). The van der Waals surface area contributed by atoms with Crippen LogP contribution in [0.3, 0.4) is 0 Å². The van der Waals surface area contributed by atoms with E-state index in [2.05, 4.69) is 0 Å². The molecule has 2 heterocycles. The molecule has 0 unspecified atom stereocenters. The Labute approximate surface area is 337 Å². The van der Waals surface area contributed by atoms with Crippen LogP contribution in [-0.2, 0) is 0 Å². The number of nitrogens with zero attached hydrogens (tertiary/aromatic N) is 4. The highest BCUT2D eigenvalue weighted by Crippen LogP contribution is 2.67. The van der Waals surface area contributed by atoms with E-state index in [9.17, 15) is 0 Å². The van der Waals surface area contributed by atoms with E-state index in [1.54, 1.807) is 72.8 Å². The molecule has 0 amide bonds. The number of allylic oxidation sites excluding steroid dienone is 2. The summed E-state index contributed by atoms with van der Waals surface area (Å²) in [6, 6.07) is 31.2. The van der Waals surface area contributed by atoms with Crippen molar-refractivity contribution in [3.8, 4) is 41.8 Å². The molecule has 1 aliphatic carbocycles. The molecule has 296 valence electrons. The van der Waals surface area contributed by atoms with Crippen LogP contribution in [0.2, 0.25) is 0 Å². The summed E-state index contributed by atoms with van der Waals surface area (Å²) < 4.78 is 99.1. The number of anilines is 4. The lowest BCUT2D eigenvalue weighted by atomic mass is 9.91. The third-order valence-corrected chi connectivity index (χ3v) is 12.8. The fourth-order valence-electron chi connectivity index (χ4n) is 6.97. The quantitative estimate of drug-likeness (QED) is 0.128. The Hall–Kier alpha value is -5.20. The zero-order chi connectivity index (χ0) is 41.2. The van der Waals surface area contributed by atoms with Crippen molar-refractivity contribution in [1.82, 2.24) is 0 Å². The molecule has 2 aromatic heterocycles. The number of rotatable bonds is 10. The monoisotopic (exact) mass is 816 g/mol. The van der Waals surface area contributed by atoms with Gasteiger partial charge in [-0.25, -0.2) is 0 Å². The average molecular weight is 817 g/mol. The Morgan fingerprint density at radius 3 is 0.860 bits per heavy atom. The average Bonchev–Trinajstić information content (AvgIpc) is 3.84. The first-order chi connectivity index (χ1) is 26.8. The predicted octanol–water partition coefficient (Wildman–Crippen LogP) is 12.6. The van der Waals surface area contributed by atoms with Gasteiger partial charge in [0.1, 0.15) is 0 Å². The SMILES string of the molecule is CN(C)c1ccc(-c2cc(C3=C(c4cc(-c5ccc(N(C)C)cc5)sc4-c4ccc(N(C)C)cc4)C(F)(F)C(F)(F)C3(F)F)c(-c3ccc(N(C)C)cc3)s2)cc1.